The molecule has 6 aromatic rings. The van der Waals surface area contributed by atoms with Gasteiger partial charge < -0.3 is 38.4 Å². The highest BCUT2D eigenvalue weighted by atomic mass is 79.9. The zero-order chi connectivity index (χ0) is 55.7. The van der Waals surface area contributed by atoms with Crippen LogP contribution in [-0.2, 0) is 18.8 Å². The first-order valence-electron chi connectivity index (χ1n) is 27.0. The average Bonchev–Trinajstić information content (AvgIpc) is 4.28. The van der Waals surface area contributed by atoms with Crippen LogP contribution in [0, 0.1) is 11.6 Å². The van der Waals surface area contributed by atoms with E-state index in [0.29, 0.717) is 26.2 Å². The largest absolute Gasteiger partial charge is 0.492 e. The number of nitrogens with zero attached hydrogens (tertiary/aromatic N) is 10. The maximum Gasteiger partial charge on any atom is 0.492 e. The molecule has 0 N–H and O–H groups in total. The molecule has 16 nitrogen and oxygen atoms in total. The number of benzene rings is 2. The SMILES string of the molecule is CC(C)(C)OC(=O)N1CCC=C(B2OC(C)(C)C(C)(C)O2)C1.CC(C)(C)OC(=O)N1CCC=C(c2cnc3ccc(N4CCC[C@@H]4c4cccc(F)c4)nn23)C1.Fc1cccc([C@H]2CCCN2c2ccc3ncc(Br)n3n2)c1. The van der Waals surface area contributed by atoms with Crippen LogP contribution in [0.1, 0.15) is 137 Å². The molecule has 9 heterocycles. The molecule has 5 aliphatic rings. The first-order valence-corrected chi connectivity index (χ1v) is 27.8. The zero-order valence-corrected chi connectivity index (χ0v) is 48.1. The Morgan fingerprint density at radius 2 is 1.14 bits per heavy atom. The zero-order valence-electron chi connectivity index (χ0n) is 46.5. The highest BCUT2D eigenvalue weighted by molar-refractivity contribution is 9.10. The second kappa shape index (κ2) is 22.8. The summed E-state index contributed by atoms with van der Waals surface area (Å²) < 4.78 is 55.0. The van der Waals surface area contributed by atoms with Crippen molar-refractivity contribution >= 4 is 63.7 Å². The molecule has 2 atom stereocenters. The molecule has 4 aromatic heterocycles. The minimum absolute atomic E-state index is 0.0872. The van der Waals surface area contributed by atoms with Crippen LogP contribution in [-0.4, -0.2) is 120 Å². The molecule has 0 aliphatic carbocycles. The highest BCUT2D eigenvalue weighted by Gasteiger charge is 2.53. The summed E-state index contributed by atoms with van der Waals surface area (Å²) in [6.07, 6.45) is 12.8. The summed E-state index contributed by atoms with van der Waals surface area (Å²) >= 11 is 3.45. The van der Waals surface area contributed by atoms with E-state index in [0.717, 1.165) is 107 Å². The van der Waals surface area contributed by atoms with Crippen molar-refractivity contribution in [3.63, 3.8) is 0 Å². The van der Waals surface area contributed by atoms with E-state index in [1.165, 1.54) is 12.1 Å². The molecule has 0 bridgehead atoms. The van der Waals surface area contributed by atoms with Gasteiger partial charge in [-0.25, -0.2) is 37.4 Å². The molecular weight excluding hydrogens is 1060 g/mol. The topological polar surface area (TPSA) is 144 Å². The molecular formula is C58H72BBrF2N10O6. The van der Waals surface area contributed by atoms with Gasteiger partial charge in [-0.05, 0) is 194 Å². The number of halogens is 3. The van der Waals surface area contributed by atoms with Gasteiger partial charge in [0.2, 0.25) is 0 Å². The summed E-state index contributed by atoms with van der Waals surface area (Å²) in [4.78, 5) is 41.6. The Labute approximate surface area is 465 Å². The molecule has 2 aromatic carbocycles. The van der Waals surface area contributed by atoms with Crippen molar-refractivity contribution < 1.29 is 37.2 Å². The summed E-state index contributed by atoms with van der Waals surface area (Å²) in [7, 11) is -0.393. The lowest BCUT2D eigenvalue weighted by molar-refractivity contribution is 0.00578. The summed E-state index contributed by atoms with van der Waals surface area (Å²) in [5.41, 5.74) is 4.62. The van der Waals surface area contributed by atoms with Gasteiger partial charge in [-0.3, -0.25) is 0 Å². The Morgan fingerprint density at radius 1 is 0.654 bits per heavy atom. The van der Waals surface area contributed by atoms with Crippen molar-refractivity contribution in [3.8, 4) is 0 Å². The van der Waals surface area contributed by atoms with E-state index in [1.54, 1.807) is 44.8 Å². The van der Waals surface area contributed by atoms with Crippen molar-refractivity contribution in [2.45, 2.75) is 142 Å². The highest BCUT2D eigenvalue weighted by Crippen LogP contribution is 2.40. The number of rotatable bonds is 6. The summed E-state index contributed by atoms with van der Waals surface area (Å²) in [6.45, 7) is 23.4. The third-order valence-electron chi connectivity index (χ3n) is 14.7. The van der Waals surface area contributed by atoms with Crippen molar-refractivity contribution in [2.24, 2.45) is 0 Å². The van der Waals surface area contributed by atoms with Gasteiger partial charge >= 0.3 is 19.3 Å². The summed E-state index contributed by atoms with van der Waals surface area (Å²) in [6, 6.07) is 21.8. The molecule has 0 spiro atoms. The Hall–Kier alpha value is -6.38. The van der Waals surface area contributed by atoms with Crippen LogP contribution < -0.4 is 9.80 Å². The Bertz CT molecular complexity index is 3190. The molecule has 0 radical (unpaired) electrons. The fourth-order valence-corrected chi connectivity index (χ4v) is 10.6. The van der Waals surface area contributed by atoms with Crippen LogP contribution in [0.2, 0.25) is 0 Å². The monoisotopic (exact) mass is 1130 g/mol. The third-order valence-corrected chi connectivity index (χ3v) is 15.3. The second-order valence-electron chi connectivity index (χ2n) is 23.4. The lowest BCUT2D eigenvalue weighted by Gasteiger charge is -2.32. The second-order valence-corrected chi connectivity index (χ2v) is 24.3. The van der Waals surface area contributed by atoms with E-state index in [2.05, 4.69) is 52.9 Å². The third kappa shape index (κ3) is 13.0. The number of hydrogen-bond acceptors (Lipinski definition) is 12. The predicted molar refractivity (Wildman–Crippen MR) is 302 cm³/mol. The van der Waals surface area contributed by atoms with Crippen LogP contribution in [0.25, 0.3) is 16.9 Å². The molecule has 0 unspecified atom stereocenters. The smallest absolute Gasteiger partial charge is 0.444 e. The van der Waals surface area contributed by atoms with Crippen LogP contribution in [0.5, 0.6) is 0 Å². The van der Waals surface area contributed by atoms with Gasteiger partial charge in [-0.1, -0.05) is 36.4 Å². The van der Waals surface area contributed by atoms with Crippen LogP contribution in [0.4, 0.5) is 30.0 Å². The van der Waals surface area contributed by atoms with E-state index in [4.69, 9.17) is 23.9 Å². The molecule has 0 saturated carbocycles. The quantitative estimate of drug-likeness (QED) is 0.146. The number of carbonyl (C=O) groups excluding carboxylic acids is 2. The van der Waals surface area contributed by atoms with Gasteiger partial charge in [0.1, 0.15) is 39.1 Å². The van der Waals surface area contributed by atoms with Gasteiger partial charge in [0.25, 0.3) is 0 Å². The Morgan fingerprint density at radius 3 is 1.67 bits per heavy atom. The first-order chi connectivity index (χ1) is 36.9. The number of imidazole rings is 2. The van der Waals surface area contributed by atoms with E-state index in [1.807, 2.05) is 116 Å². The molecule has 2 amide bonds. The van der Waals surface area contributed by atoms with Gasteiger partial charge in [0, 0.05) is 32.7 Å². The Kier molecular flexibility index (Phi) is 16.4. The molecule has 20 heteroatoms. The summed E-state index contributed by atoms with van der Waals surface area (Å²) in [5, 5.41) is 9.59. The van der Waals surface area contributed by atoms with Gasteiger partial charge in [0.15, 0.2) is 11.3 Å². The van der Waals surface area contributed by atoms with Crippen molar-refractivity contribution in [1.29, 1.82) is 0 Å². The predicted octanol–water partition coefficient (Wildman–Crippen LogP) is 12.4. The van der Waals surface area contributed by atoms with E-state index >= 15 is 0 Å². The minimum atomic E-state index is -0.536. The Balaban J connectivity index is 0.000000148. The van der Waals surface area contributed by atoms with Crippen molar-refractivity contribution in [1.82, 2.24) is 39.0 Å². The van der Waals surface area contributed by atoms with Crippen molar-refractivity contribution in [3.05, 3.63) is 136 Å². The number of ether oxygens (including phenoxy) is 2. The lowest BCUT2D eigenvalue weighted by Crippen LogP contribution is -2.42. The van der Waals surface area contributed by atoms with Crippen LogP contribution in [0.3, 0.4) is 0 Å². The normalized spacial score (nSPS) is 20.2. The molecule has 414 valence electrons. The standard InChI is InChI=1S/C26H30FN5O2.C16H28BNO4.C16H14BrFN4/c1-26(2,3)34-25(33)30-13-5-8-19(17-30)22-16-28-23-11-12-24(29-32(22)23)31-14-6-10-21(31)18-7-4-9-20(27)15-18;1-14(2,3)20-13(19)18-10-8-9-12(11-18)17-21-15(4,5)16(6,7)22-17;17-14-10-19-15-6-7-16(20-22(14)15)21-8-2-5-13(21)11-3-1-4-12(18)9-11/h4,7-9,11-12,15-16,21H,5-6,10,13-14,17H2,1-3H3;9H,8,10-11H2,1-7H3;1,3-4,6-7,9-10,13H,2,5,8H2/t21-;;13-/m1.1/s1. The number of fused-ring (bicyclic) bond motifs is 2. The van der Waals surface area contributed by atoms with E-state index < -0.39 is 18.3 Å². The van der Waals surface area contributed by atoms with E-state index in [9.17, 15) is 18.4 Å². The number of amides is 2. The minimum Gasteiger partial charge on any atom is -0.444 e. The first kappa shape index (κ1) is 56.3. The number of anilines is 2. The lowest BCUT2D eigenvalue weighted by atomic mass is 9.76. The van der Waals surface area contributed by atoms with Crippen molar-refractivity contribution in [2.75, 3.05) is 49.1 Å². The van der Waals surface area contributed by atoms with Gasteiger partial charge in [0.05, 0.1) is 47.9 Å². The molecule has 5 aliphatic heterocycles. The van der Waals surface area contributed by atoms with Gasteiger partial charge in [-0.2, -0.15) is 0 Å². The van der Waals surface area contributed by atoms with Gasteiger partial charge in [-0.15, -0.1) is 10.2 Å². The number of hydrogen-bond donors (Lipinski definition) is 0. The van der Waals surface area contributed by atoms with E-state index in [-0.39, 0.29) is 47.1 Å². The molecule has 11 rings (SSSR count). The van der Waals surface area contributed by atoms with Crippen LogP contribution in [0.15, 0.2) is 107 Å². The molecule has 78 heavy (non-hydrogen) atoms. The fourth-order valence-electron chi connectivity index (χ4n) is 10.3. The fraction of sp³-hybridized carbons (Fsp3) is 0.483. The molecule has 3 saturated heterocycles. The van der Waals surface area contributed by atoms with Crippen LogP contribution >= 0.6 is 15.9 Å². The maximum absolute atomic E-state index is 13.9. The summed E-state index contributed by atoms with van der Waals surface area (Å²) in [5.74, 6) is 1.31. The molecule has 3 fully saturated rings. The average molecular weight is 1130 g/mol. The maximum atomic E-state index is 13.9. The number of aromatic nitrogens is 6. The number of carbonyl (C=O) groups is 2.